The number of hydrogen-bond acceptors (Lipinski definition) is 1. The van der Waals surface area contributed by atoms with Crippen LogP contribution in [-0.4, -0.2) is 13.5 Å². The van der Waals surface area contributed by atoms with Gasteiger partial charge in [-0.2, -0.15) is 0 Å². The van der Waals surface area contributed by atoms with Gasteiger partial charge in [-0.3, -0.25) is 0 Å². The van der Waals surface area contributed by atoms with E-state index in [1.54, 1.807) is 7.28 Å². The number of rotatable bonds is 3. The molecule has 0 aromatic heterocycles. The van der Waals surface area contributed by atoms with Crippen molar-refractivity contribution in [2.45, 2.75) is 19.2 Å². The van der Waals surface area contributed by atoms with Crippen molar-refractivity contribution in [2.75, 3.05) is 0 Å². The molecule has 0 saturated heterocycles. The first-order valence-electron chi connectivity index (χ1n) is 4.02. The summed E-state index contributed by atoms with van der Waals surface area (Å²) in [5.41, 5.74) is 1.16. The van der Waals surface area contributed by atoms with Gasteiger partial charge in [0.1, 0.15) is 0 Å². The molecule has 0 N–H and O–H groups in total. The maximum Gasteiger partial charge on any atom is 0.209 e. The highest BCUT2D eigenvalue weighted by molar-refractivity contribution is 6.69. The zero-order chi connectivity index (χ0) is 9.03. The first-order valence-corrected chi connectivity index (χ1v) is 4.02. The summed E-state index contributed by atoms with van der Waals surface area (Å²) < 4.78 is 0. The SMILES string of the molecule is CC(C)([B]C=O)c1ccccc1. The molecule has 0 unspecified atom stereocenters. The first-order chi connectivity index (χ1) is 5.67. The maximum atomic E-state index is 10.3. The molecular formula is C10H12BO. The van der Waals surface area contributed by atoms with Gasteiger partial charge in [0.25, 0.3) is 0 Å². The summed E-state index contributed by atoms with van der Waals surface area (Å²) >= 11 is 0. The lowest BCUT2D eigenvalue weighted by molar-refractivity contribution is 0.566. The fraction of sp³-hybridized carbons (Fsp3) is 0.300. The summed E-state index contributed by atoms with van der Waals surface area (Å²) in [4.78, 5) is 10.3. The van der Waals surface area contributed by atoms with Crippen LogP contribution < -0.4 is 0 Å². The molecule has 0 spiro atoms. The van der Waals surface area contributed by atoms with Gasteiger partial charge in [-0.1, -0.05) is 44.2 Å². The Balaban J connectivity index is 2.89. The highest BCUT2D eigenvalue weighted by atomic mass is 16.1. The van der Waals surface area contributed by atoms with E-state index in [0.29, 0.717) is 0 Å². The lowest BCUT2D eigenvalue weighted by atomic mass is 9.53. The Morgan fingerprint density at radius 1 is 1.25 bits per heavy atom. The molecule has 1 radical (unpaired) electrons. The highest BCUT2D eigenvalue weighted by Crippen LogP contribution is 2.20. The van der Waals surface area contributed by atoms with Crippen LogP contribution in [0.4, 0.5) is 0 Å². The Kier molecular flexibility index (Phi) is 2.69. The summed E-state index contributed by atoms with van der Waals surface area (Å²) in [7, 11) is 1.67. The van der Waals surface area contributed by atoms with Gasteiger partial charge in [-0.15, -0.1) is 0 Å². The van der Waals surface area contributed by atoms with Crippen LogP contribution in [0.2, 0.25) is 0 Å². The van der Waals surface area contributed by atoms with Gasteiger partial charge in [0.15, 0.2) is 0 Å². The lowest BCUT2D eigenvalue weighted by Crippen LogP contribution is -2.26. The number of carbonyl (C=O) groups is 1. The Labute approximate surface area is 74.0 Å². The van der Waals surface area contributed by atoms with Crippen LogP contribution in [0.5, 0.6) is 0 Å². The van der Waals surface area contributed by atoms with Crippen molar-refractivity contribution in [1.29, 1.82) is 0 Å². The lowest BCUT2D eigenvalue weighted by Gasteiger charge is -2.21. The fourth-order valence-corrected chi connectivity index (χ4v) is 1.13. The van der Waals surface area contributed by atoms with E-state index < -0.39 is 0 Å². The van der Waals surface area contributed by atoms with Gasteiger partial charge in [0.05, 0.1) is 6.19 Å². The van der Waals surface area contributed by atoms with E-state index in [4.69, 9.17) is 0 Å². The predicted molar refractivity (Wildman–Crippen MR) is 52.0 cm³/mol. The molecule has 0 bridgehead atoms. The second kappa shape index (κ2) is 3.57. The third kappa shape index (κ3) is 1.97. The van der Waals surface area contributed by atoms with Crippen LogP contribution in [-0.2, 0) is 10.1 Å². The molecule has 1 rings (SSSR count). The average Bonchev–Trinajstić information content (AvgIpc) is 2.06. The minimum atomic E-state index is -0.150. The Morgan fingerprint density at radius 2 is 1.83 bits per heavy atom. The Morgan fingerprint density at radius 3 is 2.33 bits per heavy atom. The number of benzene rings is 1. The van der Waals surface area contributed by atoms with Crippen molar-refractivity contribution >= 4 is 13.5 Å². The molecule has 0 aliphatic rings. The van der Waals surface area contributed by atoms with Crippen LogP contribution in [0.15, 0.2) is 30.3 Å². The van der Waals surface area contributed by atoms with Crippen LogP contribution in [0.1, 0.15) is 19.4 Å². The van der Waals surface area contributed by atoms with Crippen LogP contribution >= 0.6 is 0 Å². The number of hydrogen-bond donors (Lipinski definition) is 0. The largest absolute Gasteiger partial charge is 0.315 e. The third-order valence-corrected chi connectivity index (χ3v) is 2.00. The summed E-state index contributed by atoms with van der Waals surface area (Å²) in [6.45, 7) is 4.05. The summed E-state index contributed by atoms with van der Waals surface area (Å²) in [6, 6.07) is 9.99. The van der Waals surface area contributed by atoms with E-state index in [2.05, 4.69) is 0 Å². The van der Waals surface area contributed by atoms with Crippen LogP contribution in [0.25, 0.3) is 0 Å². The standard InChI is InChI=1S/C10H12BO/c1-10(2,11-8-12)9-6-4-3-5-7-9/h3-8H,1-2H3. The molecule has 0 fully saturated rings. The minimum Gasteiger partial charge on any atom is -0.315 e. The average molecular weight is 159 g/mol. The molecule has 0 heterocycles. The fourth-order valence-electron chi connectivity index (χ4n) is 1.13. The van der Waals surface area contributed by atoms with E-state index in [0.717, 1.165) is 11.7 Å². The van der Waals surface area contributed by atoms with Gasteiger partial charge in [-0.05, 0) is 10.9 Å². The second-order valence-electron chi connectivity index (χ2n) is 3.39. The Hall–Kier alpha value is -1.05. The summed E-state index contributed by atoms with van der Waals surface area (Å²) in [5, 5.41) is -0.150. The van der Waals surface area contributed by atoms with Crippen LogP contribution in [0, 0.1) is 0 Å². The van der Waals surface area contributed by atoms with Crippen molar-refractivity contribution in [3.63, 3.8) is 0 Å². The van der Waals surface area contributed by atoms with E-state index in [-0.39, 0.29) is 5.31 Å². The van der Waals surface area contributed by atoms with E-state index >= 15 is 0 Å². The minimum absolute atomic E-state index is 0.150. The van der Waals surface area contributed by atoms with E-state index in [1.807, 2.05) is 44.2 Å². The van der Waals surface area contributed by atoms with Crippen LogP contribution in [0.3, 0.4) is 0 Å². The quantitative estimate of drug-likeness (QED) is 0.485. The van der Waals surface area contributed by atoms with Gasteiger partial charge in [0, 0.05) is 0 Å². The predicted octanol–water partition coefficient (Wildman–Crippen LogP) is 1.82. The third-order valence-electron chi connectivity index (χ3n) is 2.00. The summed E-state index contributed by atoms with van der Waals surface area (Å²) in [5.74, 6) is 0. The van der Waals surface area contributed by atoms with Gasteiger partial charge in [0.2, 0.25) is 7.28 Å². The molecule has 0 aliphatic carbocycles. The monoisotopic (exact) mass is 159 g/mol. The smallest absolute Gasteiger partial charge is 0.209 e. The molecule has 0 amide bonds. The molecule has 12 heavy (non-hydrogen) atoms. The zero-order valence-electron chi connectivity index (χ0n) is 7.45. The number of carbonyl (C=O) groups excluding carboxylic acids is 1. The van der Waals surface area contributed by atoms with Gasteiger partial charge in [-0.25, -0.2) is 0 Å². The molecule has 0 saturated carbocycles. The normalized spacial score (nSPS) is 10.8. The van der Waals surface area contributed by atoms with Crippen molar-refractivity contribution < 1.29 is 4.79 Å². The molecule has 0 aliphatic heterocycles. The summed E-state index contributed by atoms with van der Waals surface area (Å²) in [6.07, 6.45) is 0.854. The van der Waals surface area contributed by atoms with Gasteiger partial charge < -0.3 is 4.79 Å². The van der Waals surface area contributed by atoms with E-state index in [1.165, 1.54) is 0 Å². The highest BCUT2D eigenvalue weighted by Gasteiger charge is 2.20. The van der Waals surface area contributed by atoms with Crippen molar-refractivity contribution in [3.05, 3.63) is 35.9 Å². The maximum absolute atomic E-state index is 10.3. The van der Waals surface area contributed by atoms with Crippen molar-refractivity contribution in [1.82, 2.24) is 0 Å². The second-order valence-corrected chi connectivity index (χ2v) is 3.39. The van der Waals surface area contributed by atoms with Crippen molar-refractivity contribution in [3.8, 4) is 0 Å². The molecule has 2 heteroatoms. The molecule has 61 valence electrons. The molecule has 1 aromatic rings. The molecule has 0 atom stereocenters. The van der Waals surface area contributed by atoms with E-state index in [9.17, 15) is 4.79 Å². The Bertz CT molecular complexity index is 254. The molecule has 1 aromatic carbocycles. The van der Waals surface area contributed by atoms with Crippen molar-refractivity contribution in [2.24, 2.45) is 0 Å². The first kappa shape index (κ1) is 9.05. The zero-order valence-corrected chi connectivity index (χ0v) is 7.45. The molecular weight excluding hydrogens is 147 g/mol. The van der Waals surface area contributed by atoms with Gasteiger partial charge >= 0.3 is 0 Å². The molecule has 1 nitrogen and oxygen atoms in total. The topological polar surface area (TPSA) is 17.1 Å².